The minimum absolute atomic E-state index is 0.0179. The van der Waals surface area contributed by atoms with Crippen LogP contribution in [0.2, 0.25) is 0 Å². The molecule has 0 spiro atoms. The molecule has 4 nitrogen and oxygen atoms in total. The van der Waals surface area contributed by atoms with Crippen LogP contribution >= 0.6 is 33.9 Å². The number of phenols is 1. The lowest BCUT2D eigenvalue weighted by atomic mass is 9.85. The van der Waals surface area contributed by atoms with Crippen LogP contribution in [0.15, 0.2) is 18.2 Å². The molecular weight excluding hydrogens is 435 g/mol. The molecule has 1 aliphatic carbocycles. The number of carbonyl (C=O) groups is 1. The zero-order valence-corrected chi connectivity index (χ0v) is 16.3. The number of aromatic hydroxyl groups is 1. The lowest BCUT2D eigenvalue weighted by molar-refractivity contribution is 0.0935. The van der Waals surface area contributed by atoms with E-state index >= 15 is 0 Å². The molecule has 3 N–H and O–H groups in total. The highest BCUT2D eigenvalue weighted by atomic mass is 127. The minimum Gasteiger partial charge on any atom is -0.507 e. The van der Waals surface area contributed by atoms with Crippen molar-refractivity contribution in [1.29, 1.82) is 0 Å². The van der Waals surface area contributed by atoms with Crippen LogP contribution in [0.1, 0.15) is 52.3 Å². The van der Waals surface area contributed by atoms with Crippen LogP contribution in [0.4, 0.5) is 5.00 Å². The Balaban J connectivity index is 1.67. The molecule has 1 aliphatic heterocycles. The number of anilines is 1. The van der Waals surface area contributed by atoms with E-state index in [1.165, 1.54) is 23.3 Å². The Kier molecular flexibility index (Phi) is 4.20. The average molecular weight is 454 g/mol. The molecule has 126 valence electrons. The highest BCUT2D eigenvalue weighted by Gasteiger charge is 2.33. The standard InChI is InChI=1S/C18H19IN2O2S/c1-2-9-3-5-11-14(7-9)24-18-15(11)17(23)20-16(21-18)10-4-6-13(22)12(19)8-10/h4,6,8-9,16,21-22H,2-3,5,7H2,1H3,(H,20,23)/t9-,16-/m1/s1. The molecular formula is C18H19IN2O2S. The second kappa shape index (κ2) is 6.22. The summed E-state index contributed by atoms with van der Waals surface area (Å²) in [5, 5.41) is 17.2. The van der Waals surface area contributed by atoms with Crippen molar-refractivity contribution in [2.75, 3.05) is 5.32 Å². The quantitative estimate of drug-likeness (QED) is 0.589. The molecule has 2 aromatic rings. The number of hydrogen-bond acceptors (Lipinski definition) is 4. The SMILES string of the molecule is CC[C@@H]1CCc2c(sc3c2C(=O)N[C@@H](c2ccc(O)c(I)c2)N3)C1. The Morgan fingerprint density at radius 1 is 1.38 bits per heavy atom. The summed E-state index contributed by atoms with van der Waals surface area (Å²) in [4.78, 5) is 14.1. The zero-order valence-electron chi connectivity index (χ0n) is 13.4. The van der Waals surface area contributed by atoms with Crippen molar-refractivity contribution in [2.24, 2.45) is 5.92 Å². The second-order valence-corrected chi connectivity index (χ2v) is 8.75. The third kappa shape index (κ3) is 2.69. The van der Waals surface area contributed by atoms with Crippen LogP contribution in [0.5, 0.6) is 5.75 Å². The number of benzene rings is 1. The third-order valence-electron chi connectivity index (χ3n) is 5.03. The van der Waals surface area contributed by atoms with Gasteiger partial charge in [0.2, 0.25) is 0 Å². The molecule has 0 saturated heterocycles. The molecule has 0 radical (unpaired) electrons. The van der Waals surface area contributed by atoms with Gasteiger partial charge < -0.3 is 15.7 Å². The summed E-state index contributed by atoms with van der Waals surface area (Å²) in [6.07, 6.45) is 4.24. The second-order valence-electron chi connectivity index (χ2n) is 6.49. The Hall–Kier alpha value is -1.28. The van der Waals surface area contributed by atoms with Gasteiger partial charge in [0.1, 0.15) is 16.9 Å². The monoisotopic (exact) mass is 454 g/mol. The molecule has 2 heterocycles. The van der Waals surface area contributed by atoms with Gasteiger partial charge in [-0.25, -0.2) is 0 Å². The van der Waals surface area contributed by atoms with Crippen molar-refractivity contribution in [2.45, 2.75) is 38.8 Å². The molecule has 6 heteroatoms. The molecule has 0 fully saturated rings. The van der Waals surface area contributed by atoms with E-state index in [-0.39, 0.29) is 17.8 Å². The molecule has 0 saturated carbocycles. The molecule has 1 amide bonds. The first kappa shape index (κ1) is 16.2. The zero-order chi connectivity index (χ0) is 16.8. The predicted octanol–water partition coefficient (Wildman–Crippen LogP) is 4.43. The van der Waals surface area contributed by atoms with Gasteiger partial charge in [-0.2, -0.15) is 0 Å². The number of halogens is 1. The van der Waals surface area contributed by atoms with E-state index in [1.54, 1.807) is 17.4 Å². The number of carbonyl (C=O) groups excluding carboxylic acids is 1. The number of fused-ring (bicyclic) bond motifs is 3. The first-order valence-electron chi connectivity index (χ1n) is 8.27. The largest absolute Gasteiger partial charge is 0.507 e. The molecule has 4 rings (SSSR count). The van der Waals surface area contributed by atoms with E-state index in [9.17, 15) is 9.90 Å². The Bertz CT molecular complexity index is 818. The van der Waals surface area contributed by atoms with Gasteiger partial charge in [0.25, 0.3) is 5.91 Å². The van der Waals surface area contributed by atoms with Gasteiger partial charge in [-0.05, 0) is 71.0 Å². The van der Waals surface area contributed by atoms with Gasteiger partial charge in [0.15, 0.2) is 0 Å². The number of hydrogen-bond donors (Lipinski definition) is 3. The molecule has 24 heavy (non-hydrogen) atoms. The van der Waals surface area contributed by atoms with Crippen LogP contribution in [0.25, 0.3) is 0 Å². The smallest absolute Gasteiger partial charge is 0.256 e. The molecule has 2 aliphatic rings. The maximum Gasteiger partial charge on any atom is 0.256 e. The first-order valence-corrected chi connectivity index (χ1v) is 10.2. The Labute approximate surface area is 158 Å². The lowest BCUT2D eigenvalue weighted by Gasteiger charge is -2.27. The fraction of sp³-hybridized carbons (Fsp3) is 0.389. The summed E-state index contributed by atoms with van der Waals surface area (Å²) in [6, 6.07) is 5.42. The number of amides is 1. The fourth-order valence-electron chi connectivity index (χ4n) is 3.58. The summed E-state index contributed by atoms with van der Waals surface area (Å²) in [6.45, 7) is 2.25. The number of thiophene rings is 1. The topological polar surface area (TPSA) is 61.4 Å². The number of rotatable bonds is 2. The Morgan fingerprint density at radius 3 is 2.96 bits per heavy atom. The van der Waals surface area contributed by atoms with Gasteiger partial charge in [0.05, 0.1) is 9.13 Å². The average Bonchev–Trinajstić information content (AvgIpc) is 2.95. The Morgan fingerprint density at radius 2 is 2.21 bits per heavy atom. The van der Waals surface area contributed by atoms with Gasteiger partial charge in [-0.1, -0.05) is 19.4 Å². The molecule has 2 atom stereocenters. The van der Waals surface area contributed by atoms with Crippen molar-refractivity contribution in [3.8, 4) is 5.75 Å². The van der Waals surface area contributed by atoms with Crippen molar-refractivity contribution < 1.29 is 9.90 Å². The van der Waals surface area contributed by atoms with Crippen molar-refractivity contribution in [3.05, 3.63) is 43.3 Å². The van der Waals surface area contributed by atoms with Crippen molar-refractivity contribution >= 4 is 44.8 Å². The number of nitrogens with one attached hydrogen (secondary N) is 2. The van der Waals surface area contributed by atoms with Crippen molar-refractivity contribution in [3.63, 3.8) is 0 Å². The normalized spacial score (nSPS) is 22.3. The van der Waals surface area contributed by atoms with E-state index < -0.39 is 0 Å². The summed E-state index contributed by atoms with van der Waals surface area (Å²) in [5.41, 5.74) is 3.06. The molecule has 0 unspecified atom stereocenters. The van der Waals surface area contributed by atoms with Crippen LogP contribution in [0, 0.1) is 9.49 Å². The maximum atomic E-state index is 12.7. The highest BCUT2D eigenvalue weighted by molar-refractivity contribution is 14.1. The van der Waals surface area contributed by atoms with E-state index in [2.05, 4.69) is 40.1 Å². The van der Waals surface area contributed by atoms with Gasteiger partial charge in [-0.15, -0.1) is 11.3 Å². The highest BCUT2D eigenvalue weighted by Crippen LogP contribution is 2.43. The van der Waals surface area contributed by atoms with Crippen LogP contribution in [-0.2, 0) is 12.8 Å². The lowest BCUT2D eigenvalue weighted by Crippen LogP contribution is -2.38. The van der Waals surface area contributed by atoms with Crippen LogP contribution < -0.4 is 10.6 Å². The molecule has 0 bridgehead atoms. The molecule has 1 aromatic carbocycles. The van der Waals surface area contributed by atoms with Crippen molar-refractivity contribution in [1.82, 2.24) is 5.32 Å². The van der Waals surface area contributed by atoms with Gasteiger partial charge >= 0.3 is 0 Å². The van der Waals surface area contributed by atoms with E-state index in [0.717, 1.165) is 38.5 Å². The van der Waals surface area contributed by atoms with Crippen LogP contribution in [-0.4, -0.2) is 11.0 Å². The minimum atomic E-state index is -0.249. The summed E-state index contributed by atoms with van der Waals surface area (Å²) < 4.78 is 0.781. The maximum absolute atomic E-state index is 12.7. The van der Waals surface area contributed by atoms with Gasteiger partial charge in [0, 0.05) is 4.88 Å². The summed E-state index contributed by atoms with van der Waals surface area (Å²) in [5.74, 6) is 1.03. The predicted molar refractivity (Wildman–Crippen MR) is 105 cm³/mol. The van der Waals surface area contributed by atoms with E-state index in [0.29, 0.717) is 0 Å². The summed E-state index contributed by atoms with van der Waals surface area (Å²) >= 11 is 3.84. The van der Waals surface area contributed by atoms with E-state index in [1.807, 2.05) is 12.1 Å². The van der Waals surface area contributed by atoms with E-state index in [4.69, 9.17) is 0 Å². The molecule has 1 aromatic heterocycles. The first-order chi connectivity index (χ1) is 11.6. The van der Waals surface area contributed by atoms with Gasteiger partial charge in [-0.3, -0.25) is 4.79 Å². The van der Waals surface area contributed by atoms with Crippen LogP contribution in [0.3, 0.4) is 0 Å². The number of phenolic OH excluding ortho intramolecular Hbond substituents is 1. The fourth-order valence-corrected chi connectivity index (χ4v) is 5.51. The third-order valence-corrected chi connectivity index (χ3v) is 7.08. The summed E-state index contributed by atoms with van der Waals surface area (Å²) in [7, 11) is 0.